The smallest absolute Gasteiger partial charge is 0.120 e. The van der Waals surface area contributed by atoms with Gasteiger partial charge >= 0.3 is 0 Å². The summed E-state index contributed by atoms with van der Waals surface area (Å²) in [6, 6.07) is 5.29. The fourth-order valence-corrected chi connectivity index (χ4v) is 1.01. The Morgan fingerprint density at radius 3 is 2.79 bits per heavy atom. The first-order chi connectivity index (χ1) is 6.81. The monoisotopic (exact) mass is 186 g/mol. The first-order valence-corrected chi connectivity index (χ1v) is 4.06. The van der Waals surface area contributed by atoms with Crippen LogP contribution in [0.3, 0.4) is 0 Å². The molecule has 1 rings (SSSR count). The molecule has 0 amide bonds. The molecule has 0 unspecified atom stereocenters. The van der Waals surface area contributed by atoms with Crippen LogP contribution in [0.1, 0.15) is 11.1 Å². The summed E-state index contributed by atoms with van der Waals surface area (Å²) in [6.45, 7) is -0.171. The average Bonchev–Trinajstić information content (AvgIpc) is 2.26. The highest BCUT2D eigenvalue weighted by atomic mass is 16.5. The number of hydrogen-bond acceptors (Lipinski definition) is 2. The van der Waals surface area contributed by atoms with Gasteiger partial charge in [0.1, 0.15) is 12.4 Å². The van der Waals surface area contributed by atoms with Gasteiger partial charge in [-0.05, 0) is 18.2 Å². The molecule has 1 aromatic rings. The number of benzene rings is 1. The Hall–Kier alpha value is -1.90. The van der Waals surface area contributed by atoms with Gasteiger partial charge in [0.25, 0.3) is 0 Å². The summed E-state index contributed by atoms with van der Waals surface area (Å²) in [5, 5.41) is 8.54. The third-order valence-corrected chi connectivity index (χ3v) is 1.68. The Morgan fingerprint density at radius 1 is 1.43 bits per heavy atom. The first-order valence-electron chi connectivity index (χ1n) is 4.06. The minimum absolute atomic E-state index is 0.171. The molecule has 2 nitrogen and oxygen atoms in total. The van der Waals surface area contributed by atoms with Gasteiger partial charge in [-0.2, -0.15) is 0 Å². The van der Waals surface area contributed by atoms with Crippen LogP contribution in [0.5, 0.6) is 5.75 Å². The normalized spacial score (nSPS) is 8.36. The summed E-state index contributed by atoms with van der Waals surface area (Å²) in [7, 11) is 1.58. The lowest BCUT2D eigenvalue weighted by molar-refractivity contribution is 0.350. The van der Waals surface area contributed by atoms with Gasteiger partial charge in [0, 0.05) is 11.1 Å². The molecular formula is C12H10O2. The summed E-state index contributed by atoms with van der Waals surface area (Å²) >= 11 is 0. The second-order valence-corrected chi connectivity index (χ2v) is 2.52. The summed E-state index contributed by atoms with van der Waals surface area (Å²) < 4.78 is 5.02. The lowest BCUT2D eigenvalue weighted by atomic mass is 10.1. The molecule has 0 saturated heterocycles. The number of methoxy groups -OCH3 is 1. The zero-order valence-corrected chi connectivity index (χ0v) is 7.87. The zero-order chi connectivity index (χ0) is 10.4. The number of ether oxygens (including phenoxy) is 1. The highest BCUT2D eigenvalue weighted by molar-refractivity contribution is 5.52. The van der Waals surface area contributed by atoms with E-state index in [-0.39, 0.29) is 6.61 Å². The molecule has 14 heavy (non-hydrogen) atoms. The van der Waals surface area contributed by atoms with Crippen LogP contribution in [0, 0.1) is 24.2 Å². The van der Waals surface area contributed by atoms with E-state index in [1.165, 1.54) is 0 Å². The molecule has 1 aromatic carbocycles. The molecule has 0 bridgehead atoms. The lowest BCUT2D eigenvalue weighted by Gasteiger charge is -2.01. The molecule has 0 saturated carbocycles. The van der Waals surface area contributed by atoms with Crippen molar-refractivity contribution >= 4 is 0 Å². The van der Waals surface area contributed by atoms with Crippen molar-refractivity contribution in [3.05, 3.63) is 29.3 Å². The fourth-order valence-electron chi connectivity index (χ4n) is 1.01. The third kappa shape index (κ3) is 2.29. The summed E-state index contributed by atoms with van der Waals surface area (Å²) in [6.07, 6.45) is 5.31. The van der Waals surface area contributed by atoms with Crippen LogP contribution in [-0.2, 0) is 0 Å². The summed E-state index contributed by atoms with van der Waals surface area (Å²) in [5.41, 5.74) is 1.40. The topological polar surface area (TPSA) is 29.5 Å². The van der Waals surface area contributed by atoms with Gasteiger partial charge in [-0.3, -0.25) is 0 Å². The van der Waals surface area contributed by atoms with Crippen molar-refractivity contribution in [3.8, 4) is 29.9 Å². The molecule has 0 spiro atoms. The van der Waals surface area contributed by atoms with Crippen molar-refractivity contribution in [2.24, 2.45) is 0 Å². The van der Waals surface area contributed by atoms with Gasteiger partial charge in [0.15, 0.2) is 0 Å². The number of aliphatic hydroxyl groups excluding tert-OH is 1. The third-order valence-electron chi connectivity index (χ3n) is 1.68. The van der Waals surface area contributed by atoms with Gasteiger partial charge in [0.2, 0.25) is 0 Å². The van der Waals surface area contributed by atoms with Gasteiger partial charge in [0.05, 0.1) is 7.11 Å². The number of aliphatic hydroxyl groups is 1. The van der Waals surface area contributed by atoms with E-state index < -0.39 is 0 Å². The highest BCUT2D eigenvalue weighted by Crippen LogP contribution is 2.15. The molecule has 0 aliphatic heterocycles. The molecule has 1 N–H and O–H groups in total. The average molecular weight is 186 g/mol. The molecule has 0 radical (unpaired) electrons. The van der Waals surface area contributed by atoms with Gasteiger partial charge < -0.3 is 9.84 Å². The van der Waals surface area contributed by atoms with E-state index in [0.29, 0.717) is 11.3 Å². The largest absolute Gasteiger partial charge is 0.497 e. The maximum absolute atomic E-state index is 8.54. The first kappa shape index (κ1) is 10.2. The van der Waals surface area contributed by atoms with Crippen molar-refractivity contribution in [1.82, 2.24) is 0 Å². The van der Waals surface area contributed by atoms with Crippen molar-refractivity contribution in [3.63, 3.8) is 0 Å². The molecule has 70 valence electrons. The SMILES string of the molecule is C#Cc1cc(OC)ccc1C#CCO. The van der Waals surface area contributed by atoms with Crippen LogP contribution < -0.4 is 4.74 Å². The maximum atomic E-state index is 8.54. The Morgan fingerprint density at radius 2 is 2.21 bits per heavy atom. The second-order valence-electron chi connectivity index (χ2n) is 2.52. The molecule has 0 heterocycles. The van der Waals surface area contributed by atoms with E-state index in [2.05, 4.69) is 17.8 Å². The van der Waals surface area contributed by atoms with E-state index in [1.54, 1.807) is 25.3 Å². The van der Waals surface area contributed by atoms with Crippen molar-refractivity contribution in [2.75, 3.05) is 13.7 Å². The maximum Gasteiger partial charge on any atom is 0.120 e. The molecular weight excluding hydrogens is 176 g/mol. The lowest BCUT2D eigenvalue weighted by Crippen LogP contribution is -1.88. The molecule has 0 fully saturated rings. The van der Waals surface area contributed by atoms with E-state index in [4.69, 9.17) is 16.3 Å². The van der Waals surface area contributed by atoms with E-state index in [9.17, 15) is 0 Å². The van der Waals surface area contributed by atoms with Crippen LogP contribution >= 0.6 is 0 Å². The summed E-state index contributed by atoms with van der Waals surface area (Å²) in [4.78, 5) is 0. The molecule has 0 atom stereocenters. The summed E-state index contributed by atoms with van der Waals surface area (Å²) in [5.74, 6) is 8.53. The molecule has 2 heteroatoms. The van der Waals surface area contributed by atoms with Crippen LogP contribution in [0.25, 0.3) is 0 Å². The van der Waals surface area contributed by atoms with Crippen LogP contribution in [0.15, 0.2) is 18.2 Å². The van der Waals surface area contributed by atoms with Crippen LogP contribution in [0.2, 0.25) is 0 Å². The Kier molecular flexibility index (Phi) is 3.61. The van der Waals surface area contributed by atoms with Gasteiger partial charge in [-0.1, -0.05) is 17.8 Å². The quantitative estimate of drug-likeness (QED) is 0.663. The predicted octanol–water partition coefficient (Wildman–Crippen LogP) is 1.02. The number of hydrogen-bond donors (Lipinski definition) is 1. The second kappa shape index (κ2) is 4.97. The molecule has 0 aliphatic rings. The van der Waals surface area contributed by atoms with Crippen molar-refractivity contribution < 1.29 is 9.84 Å². The van der Waals surface area contributed by atoms with Gasteiger partial charge in [-0.25, -0.2) is 0 Å². The van der Waals surface area contributed by atoms with E-state index in [1.807, 2.05) is 0 Å². The fraction of sp³-hybridized carbons (Fsp3) is 0.167. The zero-order valence-electron chi connectivity index (χ0n) is 7.87. The van der Waals surface area contributed by atoms with Crippen LogP contribution in [-0.4, -0.2) is 18.8 Å². The standard InChI is InChI=1S/C12H10O2/c1-3-10-9-12(14-2)7-6-11(10)5-4-8-13/h1,6-7,9,13H,8H2,2H3. The number of terminal acetylenes is 1. The van der Waals surface area contributed by atoms with E-state index in [0.717, 1.165) is 5.56 Å². The van der Waals surface area contributed by atoms with Crippen molar-refractivity contribution in [2.45, 2.75) is 0 Å². The minimum atomic E-state index is -0.171. The Balaban J connectivity index is 3.13. The molecule has 0 aromatic heterocycles. The van der Waals surface area contributed by atoms with Crippen molar-refractivity contribution in [1.29, 1.82) is 0 Å². The van der Waals surface area contributed by atoms with Gasteiger partial charge in [-0.15, -0.1) is 6.42 Å². The molecule has 0 aliphatic carbocycles. The Labute approximate surface area is 83.5 Å². The highest BCUT2D eigenvalue weighted by Gasteiger charge is 1.98. The Bertz CT molecular complexity index is 416. The van der Waals surface area contributed by atoms with Crippen LogP contribution in [0.4, 0.5) is 0 Å². The number of rotatable bonds is 1. The minimum Gasteiger partial charge on any atom is -0.497 e. The predicted molar refractivity (Wildman–Crippen MR) is 54.9 cm³/mol. The van der Waals surface area contributed by atoms with E-state index >= 15 is 0 Å².